The van der Waals surface area contributed by atoms with Crippen LogP contribution in [0.2, 0.25) is 0 Å². The van der Waals surface area contributed by atoms with Gasteiger partial charge in [0.15, 0.2) is 0 Å². The fourth-order valence-electron chi connectivity index (χ4n) is 3.31. The van der Waals surface area contributed by atoms with Crippen molar-refractivity contribution in [3.05, 3.63) is 39.9 Å². The van der Waals surface area contributed by atoms with Crippen molar-refractivity contribution in [1.29, 1.82) is 0 Å². The van der Waals surface area contributed by atoms with Crippen LogP contribution in [0.25, 0.3) is 0 Å². The zero-order valence-electron chi connectivity index (χ0n) is 10.4. The lowest BCUT2D eigenvalue weighted by Crippen LogP contribution is -2.55. The molecular weight excluding hydrogens is 246 g/mol. The summed E-state index contributed by atoms with van der Waals surface area (Å²) in [5.41, 5.74) is 2.53. The second-order valence-corrected chi connectivity index (χ2v) is 5.72. The van der Waals surface area contributed by atoms with Gasteiger partial charge in [-0.3, -0.25) is 20.3 Å². The van der Waals surface area contributed by atoms with E-state index in [1.54, 1.807) is 12.1 Å². The van der Waals surface area contributed by atoms with Gasteiger partial charge in [0.25, 0.3) is 5.69 Å². The van der Waals surface area contributed by atoms with Crippen molar-refractivity contribution in [2.24, 2.45) is 11.3 Å². The van der Waals surface area contributed by atoms with Crippen molar-refractivity contribution in [2.75, 3.05) is 0 Å². The number of rotatable bonds is 3. The number of carbonyl (C=O) groups excluding carboxylic acids is 1. The highest BCUT2D eigenvalue weighted by molar-refractivity contribution is 5.89. The molecule has 0 heterocycles. The molecule has 2 fully saturated rings. The van der Waals surface area contributed by atoms with E-state index in [0.29, 0.717) is 5.56 Å². The predicted octanol–water partition coefficient (Wildman–Crippen LogP) is 1.40. The lowest BCUT2D eigenvalue weighted by atomic mass is 9.56. The average molecular weight is 261 g/mol. The lowest BCUT2D eigenvalue weighted by Gasteiger charge is -2.47. The minimum Gasteiger partial charge on any atom is -0.293 e. The van der Waals surface area contributed by atoms with Crippen LogP contribution in [0.3, 0.4) is 0 Å². The van der Waals surface area contributed by atoms with E-state index in [2.05, 4.69) is 5.43 Å². The Morgan fingerprint density at radius 3 is 2.58 bits per heavy atom. The number of amides is 1. The standard InChI is InChI=1S/C13H15N3O3/c14-15-11(17)13(7-12(8-13)4-5-12)9-2-1-3-10(6-9)16(18)19/h1-3,6H,4-5,7-8,14H2,(H,15,17). The molecule has 2 saturated carbocycles. The molecule has 0 aromatic heterocycles. The van der Waals surface area contributed by atoms with Crippen LogP contribution in [0.1, 0.15) is 31.2 Å². The number of hydrogen-bond donors (Lipinski definition) is 2. The van der Waals surface area contributed by atoms with E-state index in [1.165, 1.54) is 12.1 Å². The Morgan fingerprint density at radius 2 is 2.05 bits per heavy atom. The van der Waals surface area contributed by atoms with Crippen LogP contribution in [0.4, 0.5) is 5.69 Å². The Morgan fingerprint density at radius 1 is 1.37 bits per heavy atom. The summed E-state index contributed by atoms with van der Waals surface area (Å²) in [6, 6.07) is 6.32. The van der Waals surface area contributed by atoms with Gasteiger partial charge in [-0.2, -0.15) is 0 Å². The highest BCUT2D eigenvalue weighted by Gasteiger charge is 2.64. The molecule has 0 atom stereocenters. The maximum atomic E-state index is 12.1. The minimum absolute atomic E-state index is 0.0124. The second kappa shape index (κ2) is 3.77. The van der Waals surface area contributed by atoms with Gasteiger partial charge in [0.1, 0.15) is 0 Å². The smallest absolute Gasteiger partial charge is 0.269 e. The van der Waals surface area contributed by atoms with Crippen LogP contribution in [0.15, 0.2) is 24.3 Å². The van der Waals surface area contributed by atoms with Crippen molar-refractivity contribution in [2.45, 2.75) is 31.1 Å². The number of non-ortho nitro benzene ring substituents is 1. The van der Waals surface area contributed by atoms with Gasteiger partial charge >= 0.3 is 0 Å². The monoisotopic (exact) mass is 261 g/mol. The van der Waals surface area contributed by atoms with Crippen molar-refractivity contribution in [3.63, 3.8) is 0 Å². The predicted molar refractivity (Wildman–Crippen MR) is 68.0 cm³/mol. The summed E-state index contributed by atoms with van der Waals surface area (Å²) in [6.07, 6.45) is 3.76. The first-order valence-corrected chi connectivity index (χ1v) is 6.27. The fourth-order valence-corrected chi connectivity index (χ4v) is 3.31. The molecule has 6 heteroatoms. The maximum absolute atomic E-state index is 12.1. The number of nitro groups is 1. The van der Waals surface area contributed by atoms with Gasteiger partial charge < -0.3 is 0 Å². The molecule has 3 N–H and O–H groups in total. The molecule has 0 bridgehead atoms. The molecule has 19 heavy (non-hydrogen) atoms. The van der Waals surface area contributed by atoms with Gasteiger partial charge in [-0.05, 0) is 36.7 Å². The Balaban J connectivity index is 1.98. The quantitative estimate of drug-likeness (QED) is 0.372. The maximum Gasteiger partial charge on any atom is 0.269 e. The average Bonchev–Trinajstić information content (AvgIpc) is 3.16. The van der Waals surface area contributed by atoms with Crippen molar-refractivity contribution >= 4 is 11.6 Å². The van der Waals surface area contributed by atoms with Gasteiger partial charge in [-0.25, -0.2) is 5.84 Å². The van der Waals surface area contributed by atoms with Crippen molar-refractivity contribution < 1.29 is 9.72 Å². The third-order valence-electron chi connectivity index (χ3n) is 4.49. The molecule has 6 nitrogen and oxygen atoms in total. The third-order valence-corrected chi connectivity index (χ3v) is 4.49. The summed E-state index contributed by atoms with van der Waals surface area (Å²) in [5.74, 6) is 5.03. The van der Waals surface area contributed by atoms with E-state index in [4.69, 9.17) is 5.84 Å². The molecule has 100 valence electrons. The molecule has 2 aliphatic carbocycles. The minimum atomic E-state index is -0.683. The second-order valence-electron chi connectivity index (χ2n) is 5.72. The summed E-state index contributed by atoms with van der Waals surface area (Å²) in [7, 11) is 0. The molecule has 2 aliphatic rings. The van der Waals surface area contributed by atoms with E-state index in [0.717, 1.165) is 25.7 Å². The van der Waals surface area contributed by atoms with Crippen LogP contribution >= 0.6 is 0 Å². The molecule has 1 amide bonds. The van der Waals surface area contributed by atoms with E-state index in [-0.39, 0.29) is 17.0 Å². The number of benzene rings is 1. The van der Waals surface area contributed by atoms with Crippen molar-refractivity contribution in [1.82, 2.24) is 5.43 Å². The number of hydrazine groups is 1. The molecule has 0 aliphatic heterocycles. The number of hydrogen-bond acceptors (Lipinski definition) is 4. The Hall–Kier alpha value is -1.95. The summed E-state index contributed by atoms with van der Waals surface area (Å²) in [4.78, 5) is 22.5. The first-order chi connectivity index (χ1) is 9.01. The molecule has 0 saturated heterocycles. The summed E-state index contributed by atoms with van der Waals surface area (Å²) >= 11 is 0. The van der Waals surface area contributed by atoms with Crippen LogP contribution in [0, 0.1) is 15.5 Å². The molecule has 0 radical (unpaired) electrons. The van der Waals surface area contributed by atoms with Crippen LogP contribution in [-0.4, -0.2) is 10.8 Å². The topological polar surface area (TPSA) is 98.3 Å². The number of nitrogens with zero attached hydrogens (tertiary/aromatic N) is 1. The normalized spacial score (nSPS) is 21.5. The molecule has 3 rings (SSSR count). The SMILES string of the molecule is NNC(=O)C1(c2cccc([N+](=O)[O-])c2)CC2(CC2)C1. The molecule has 1 aromatic carbocycles. The summed E-state index contributed by atoms with van der Waals surface area (Å²) < 4.78 is 0. The first kappa shape index (κ1) is 12.1. The molecule has 0 unspecified atom stereocenters. The van der Waals surface area contributed by atoms with Crippen molar-refractivity contribution in [3.8, 4) is 0 Å². The highest BCUT2D eigenvalue weighted by Crippen LogP contribution is 2.69. The van der Waals surface area contributed by atoms with E-state index < -0.39 is 10.3 Å². The zero-order chi connectivity index (χ0) is 13.7. The van der Waals surface area contributed by atoms with Crippen LogP contribution in [-0.2, 0) is 10.2 Å². The third kappa shape index (κ3) is 1.71. The molecule has 1 aromatic rings. The highest BCUT2D eigenvalue weighted by atomic mass is 16.6. The zero-order valence-corrected chi connectivity index (χ0v) is 10.4. The summed E-state index contributed by atoms with van der Waals surface area (Å²) in [5, 5.41) is 10.8. The number of nitro benzene ring substituents is 1. The largest absolute Gasteiger partial charge is 0.293 e. The van der Waals surface area contributed by atoms with Gasteiger partial charge in [0.05, 0.1) is 10.3 Å². The summed E-state index contributed by atoms with van der Waals surface area (Å²) in [6.45, 7) is 0. The van der Waals surface area contributed by atoms with E-state index >= 15 is 0 Å². The Labute approximate surface area is 110 Å². The fraction of sp³-hybridized carbons (Fsp3) is 0.462. The number of nitrogens with two attached hydrogens (primary N) is 1. The molecule has 1 spiro atoms. The van der Waals surface area contributed by atoms with Gasteiger partial charge in [0, 0.05) is 12.1 Å². The van der Waals surface area contributed by atoms with Crippen LogP contribution < -0.4 is 11.3 Å². The Kier molecular flexibility index (Phi) is 2.40. The number of nitrogens with one attached hydrogen (secondary N) is 1. The first-order valence-electron chi connectivity index (χ1n) is 6.27. The van der Waals surface area contributed by atoms with E-state index in [9.17, 15) is 14.9 Å². The van der Waals surface area contributed by atoms with Gasteiger partial charge in [-0.1, -0.05) is 12.1 Å². The lowest BCUT2D eigenvalue weighted by molar-refractivity contribution is -0.385. The van der Waals surface area contributed by atoms with E-state index in [1.807, 2.05) is 0 Å². The van der Waals surface area contributed by atoms with Crippen LogP contribution in [0.5, 0.6) is 0 Å². The molecular formula is C13H15N3O3. The Bertz CT molecular complexity index is 558. The van der Waals surface area contributed by atoms with Gasteiger partial charge in [0.2, 0.25) is 5.91 Å². The van der Waals surface area contributed by atoms with Gasteiger partial charge in [-0.15, -0.1) is 0 Å². The number of carbonyl (C=O) groups is 1.